The van der Waals surface area contributed by atoms with Crippen LogP contribution in [0.2, 0.25) is 0 Å². The zero-order valence-electron chi connectivity index (χ0n) is 9.90. The predicted octanol–water partition coefficient (Wildman–Crippen LogP) is 2.58. The first-order valence-corrected chi connectivity index (χ1v) is 5.47. The van der Waals surface area contributed by atoms with Crippen molar-refractivity contribution in [2.24, 2.45) is 10.4 Å². The van der Waals surface area contributed by atoms with E-state index < -0.39 is 0 Å². The monoisotopic (exact) mass is 219 g/mol. The maximum Gasteiger partial charge on any atom is 0.220 e. The number of benzene rings is 1. The van der Waals surface area contributed by atoms with Crippen molar-refractivity contribution in [3.63, 3.8) is 0 Å². The van der Waals surface area contributed by atoms with Gasteiger partial charge < -0.3 is 9.84 Å². The van der Waals surface area contributed by atoms with E-state index in [0.29, 0.717) is 18.1 Å². The molecule has 1 N–H and O–H groups in total. The summed E-state index contributed by atoms with van der Waals surface area (Å²) in [7, 11) is 0. The van der Waals surface area contributed by atoms with E-state index in [1.807, 2.05) is 12.1 Å². The van der Waals surface area contributed by atoms with Gasteiger partial charge in [-0.1, -0.05) is 32.9 Å². The van der Waals surface area contributed by atoms with E-state index in [1.165, 1.54) is 0 Å². The van der Waals surface area contributed by atoms with Crippen LogP contribution in [0.5, 0.6) is 5.75 Å². The molecule has 1 atom stereocenters. The van der Waals surface area contributed by atoms with Crippen LogP contribution < -0.4 is 0 Å². The van der Waals surface area contributed by atoms with Gasteiger partial charge in [-0.3, -0.25) is 0 Å². The highest BCUT2D eigenvalue weighted by molar-refractivity contribution is 5.97. The Bertz CT molecular complexity index is 418. The second-order valence-electron chi connectivity index (χ2n) is 5.14. The molecule has 0 aromatic heterocycles. The Labute approximate surface area is 95.8 Å². The van der Waals surface area contributed by atoms with Gasteiger partial charge in [0.05, 0.1) is 11.6 Å². The normalized spacial score (nSPS) is 20.4. The van der Waals surface area contributed by atoms with Gasteiger partial charge in [0.15, 0.2) is 0 Å². The predicted molar refractivity (Wildman–Crippen MR) is 63.8 cm³/mol. The van der Waals surface area contributed by atoms with E-state index in [2.05, 4.69) is 25.8 Å². The molecule has 0 bridgehead atoms. The highest BCUT2D eigenvalue weighted by Gasteiger charge is 2.31. The van der Waals surface area contributed by atoms with E-state index in [9.17, 15) is 5.11 Å². The minimum atomic E-state index is 0.0894. The molecule has 1 aliphatic rings. The summed E-state index contributed by atoms with van der Waals surface area (Å²) < 4.78 is 5.55. The Kier molecular flexibility index (Phi) is 2.62. The van der Waals surface area contributed by atoms with E-state index >= 15 is 0 Å². The molecule has 0 radical (unpaired) electrons. The molecule has 86 valence electrons. The van der Waals surface area contributed by atoms with Crippen LogP contribution in [0.25, 0.3) is 0 Å². The fourth-order valence-electron chi connectivity index (χ4n) is 1.62. The highest BCUT2D eigenvalue weighted by atomic mass is 16.5. The molecule has 1 heterocycles. The molecule has 0 spiro atoms. The van der Waals surface area contributed by atoms with Crippen molar-refractivity contribution in [3.05, 3.63) is 29.8 Å². The van der Waals surface area contributed by atoms with Crippen LogP contribution >= 0.6 is 0 Å². The van der Waals surface area contributed by atoms with Gasteiger partial charge in [-0.25, -0.2) is 4.99 Å². The van der Waals surface area contributed by atoms with Gasteiger partial charge >= 0.3 is 0 Å². The van der Waals surface area contributed by atoms with Crippen LogP contribution in [-0.2, 0) is 4.74 Å². The number of aromatic hydroxyl groups is 1. The third kappa shape index (κ3) is 2.03. The number of para-hydroxylation sites is 1. The molecule has 3 nitrogen and oxygen atoms in total. The average molecular weight is 219 g/mol. The summed E-state index contributed by atoms with van der Waals surface area (Å²) in [6, 6.07) is 7.27. The van der Waals surface area contributed by atoms with Crippen molar-refractivity contribution < 1.29 is 9.84 Å². The summed E-state index contributed by atoms with van der Waals surface area (Å²) in [6.07, 6.45) is 0. The molecule has 0 saturated carbocycles. The fraction of sp³-hybridized carbons (Fsp3) is 0.462. The van der Waals surface area contributed by atoms with Crippen molar-refractivity contribution >= 4 is 5.90 Å². The lowest BCUT2D eigenvalue weighted by Gasteiger charge is -2.21. The second kappa shape index (κ2) is 3.81. The summed E-state index contributed by atoms with van der Waals surface area (Å²) in [5, 5.41) is 9.70. The maximum absolute atomic E-state index is 9.70. The molecule has 0 aliphatic carbocycles. The first-order chi connectivity index (χ1) is 7.48. The Morgan fingerprint density at radius 1 is 1.31 bits per heavy atom. The zero-order valence-corrected chi connectivity index (χ0v) is 9.90. The number of nitrogens with zero attached hydrogens (tertiary/aromatic N) is 1. The van der Waals surface area contributed by atoms with Gasteiger partial charge in [0.2, 0.25) is 5.90 Å². The topological polar surface area (TPSA) is 41.8 Å². The molecule has 16 heavy (non-hydrogen) atoms. The number of ether oxygens (including phenoxy) is 1. The van der Waals surface area contributed by atoms with E-state index in [4.69, 9.17) is 4.74 Å². The van der Waals surface area contributed by atoms with Crippen molar-refractivity contribution in [2.45, 2.75) is 26.8 Å². The number of phenols is 1. The van der Waals surface area contributed by atoms with E-state index in [1.54, 1.807) is 12.1 Å². The Balaban J connectivity index is 2.28. The maximum atomic E-state index is 9.70. The molecule has 1 unspecified atom stereocenters. The summed E-state index contributed by atoms with van der Waals surface area (Å²) in [6.45, 7) is 7.00. The molecule has 2 rings (SSSR count). The molecule has 3 heteroatoms. The van der Waals surface area contributed by atoms with Crippen molar-refractivity contribution in [1.29, 1.82) is 0 Å². The number of aliphatic imine (C=N–C) groups is 1. The van der Waals surface area contributed by atoms with Gasteiger partial charge in [-0.05, 0) is 17.5 Å². The number of phenolic OH excluding ortho intramolecular Hbond substituents is 1. The van der Waals surface area contributed by atoms with E-state index in [-0.39, 0.29) is 17.2 Å². The molecule has 0 amide bonds. The van der Waals surface area contributed by atoms with Crippen LogP contribution in [0.15, 0.2) is 29.3 Å². The fourth-order valence-corrected chi connectivity index (χ4v) is 1.62. The summed E-state index contributed by atoms with van der Waals surface area (Å²) in [5.74, 6) is 0.772. The molecule has 1 aromatic rings. The number of rotatable bonds is 1. The Morgan fingerprint density at radius 3 is 2.56 bits per heavy atom. The lowest BCUT2D eigenvalue weighted by Crippen LogP contribution is -2.25. The van der Waals surface area contributed by atoms with Crippen LogP contribution in [0.4, 0.5) is 0 Å². The molecular weight excluding hydrogens is 202 g/mol. The standard InChI is InChI=1S/C13H17NO2/c1-13(2,3)11-8-16-12(14-11)9-6-4-5-7-10(9)15/h4-7,11,15H,8H2,1-3H3. The van der Waals surface area contributed by atoms with Gasteiger partial charge in [-0.2, -0.15) is 0 Å². The van der Waals surface area contributed by atoms with Crippen LogP contribution in [-0.4, -0.2) is 23.7 Å². The third-order valence-corrected chi connectivity index (χ3v) is 2.79. The van der Waals surface area contributed by atoms with Crippen LogP contribution in [0.3, 0.4) is 0 Å². The summed E-state index contributed by atoms with van der Waals surface area (Å²) >= 11 is 0. The molecular formula is C13H17NO2. The van der Waals surface area contributed by atoms with Crippen molar-refractivity contribution in [3.8, 4) is 5.75 Å². The smallest absolute Gasteiger partial charge is 0.220 e. The van der Waals surface area contributed by atoms with Gasteiger partial charge in [0, 0.05) is 0 Å². The SMILES string of the molecule is CC(C)(C)C1COC(c2ccccc2O)=N1. The van der Waals surface area contributed by atoms with Gasteiger partial charge in [0.25, 0.3) is 0 Å². The zero-order chi connectivity index (χ0) is 11.8. The summed E-state index contributed by atoms with van der Waals surface area (Å²) in [4.78, 5) is 4.52. The average Bonchev–Trinajstić information content (AvgIpc) is 2.66. The molecule has 1 aliphatic heterocycles. The van der Waals surface area contributed by atoms with Crippen LogP contribution in [0, 0.1) is 5.41 Å². The lowest BCUT2D eigenvalue weighted by atomic mass is 9.88. The molecule has 0 saturated heterocycles. The first kappa shape index (κ1) is 11.0. The Morgan fingerprint density at radius 2 is 2.00 bits per heavy atom. The third-order valence-electron chi connectivity index (χ3n) is 2.79. The van der Waals surface area contributed by atoms with Gasteiger partial charge in [0.1, 0.15) is 12.4 Å². The van der Waals surface area contributed by atoms with Crippen molar-refractivity contribution in [2.75, 3.05) is 6.61 Å². The second-order valence-corrected chi connectivity index (χ2v) is 5.14. The number of hydrogen-bond donors (Lipinski definition) is 1. The quantitative estimate of drug-likeness (QED) is 0.788. The first-order valence-electron chi connectivity index (χ1n) is 5.47. The minimum absolute atomic E-state index is 0.0894. The molecule has 0 fully saturated rings. The Hall–Kier alpha value is -1.51. The van der Waals surface area contributed by atoms with E-state index in [0.717, 1.165) is 0 Å². The summed E-state index contributed by atoms with van der Waals surface area (Å²) in [5.41, 5.74) is 0.765. The van der Waals surface area contributed by atoms with Crippen molar-refractivity contribution in [1.82, 2.24) is 0 Å². The molecule has 1 aromatic carbocycles. The lowest BCUT2D eigenvalue weighted by molar-refractivity contribution is 0.235. The van der Waals surface area contributed by atoms with Gasteiger partial charge in [-0.15, -0.1) is 0 Å². The largest absolute Gasteiger partial charge is 0.507 e. The number of hydrogen-bond acceptors (Lipinski definition) is 3. The minimum Gasteiger partial charge on any atom is -0.507 e. The highest BCUT2D eigenvalue weighted by Crippen LogP contribution is 2.29. The van der Waals surface area contributed by atoms with Crippen LogP contribution in [0.1, 0.15) is 26.3 Å².